The average Bonchev–Trinajstić information content (AvgIpc) is 2.75. The summed E-state index contributed by atoms with van der Waals surface area (Å²) in [5.74, 6) is -6.24. The molecule has 0 spiro atoms. The molecule has 0 saturated carbocycles. The number of aromatic hydroxyl groups is 1. The number of phenolic OH excluding ortho intramolecular Hbond substituents is 1. The van der Waals surface area contributed by atoms with E-state index in [1.807, 2.05) is 10.6 Å². The third-order valence-electron chi connectivity index (χ3n) is 4.35. The Morgan fingerprint density at radius 2 is 1.27 bits per heavy atom. The van der Waals surface area contributed by atoms with Gasteiger partial charge in [-0.1, -0.05) is 12.1 Å². The van der Waals surface area contributed by atoms with E-state index in [0.717, 1.165) is 0 Å². The molecule has 0 saturated heterocycles. The third kappa shape index (κ3) is 9.10. The predicted molar refractivity (Wildman–Crippen MR) is 110 cm³/mol. The number of rotatable bonds is 13. The highest BCUT2D eigenvalue weighted by molar-refractivity contribution is 5.95. The summed E-state index contributed by atoms with van der Waals surface area (Å²) in [6, 6.07) is -0.394. The number of phenols is 1. The van der Waals surface area contributed by atoms with Crippen molar-refractivity contribution in [2.45, 2.75) is 37.0 Å². The molecule has 0 heterocycles. The van der Waals surface area contributed by atoms with Gasteiger partial charge in [-0.25, -0.2) is 4.79 Å². The number of carboxylic acid groups (broad SMARTS) is 2. The maximum absolute atomic E-state index is 12.4. The second-order valence-corrected chi connectivity index (χ2v) is 6.96. The second-order valence-electron chi connectivity index (χ2n) is 6.96. The lowest BCUT2D eigenvalue weighted by atomic mass is 10.1. The van der Waals surface area contributed by atoms with Crippen molar-refractivity contribution in [1.82, 2.24) is 16.0 Å². The number of carboxylic acids is 2. The number of aliphatic hydroxyl groups is 2. The lowest BCUT2D eigenvalue weighted by Crippen LogP contribution is -2.58. The SMILES string of the molecule is NC(Cc1ccc(O)cc1)C(=O)NC(CO)C(=O)NC(CC(=O)O)C(=O)NC(CO)C(=O)O. The van der Waals surface area contributed by atoms with Crippen LogP contribution < -0.4 is 21.7 Å². The van der Waals surface area contributed by atoms with E-state index in [9.17, 15) is 34.2 Å². The van der Waals surface area contributed by atoms with Crippen LogP contribution in [0.1, 0.15) is 12.0 Å². The van der Waals surface area contributed by atoms with Crippen LogP contribution in [-0.4, -0.2) is 92.6 Å². The van der Waals surface area contributed by atoms with Crippen molar-refractivity contribution in [2.24, 2.45) is 5.73 Å². The Hall–Kier alpha value is -3.75. The number of nitrogens with two attached hydrogens (primary N) is 1. The zero-order valence-corrected chi connectivity index (χ0v) is 17.3. The van der Waals surface area contributed by atoms with Crippen molar-refractivity contribution in [3.8, 4) is 5.75 Å². The average molecular weight is 470 g/mol. The number of carbonyl (C=O) groups is 5. The van der Waals surface area contributed by atoms with Crippen molar-refractivity contribution < 1.29 is 49.5 Å². The summed E-state index contributed by atoms with van der Waals surface area (Å²) in [5.41, 5.74) is 6.40. The molecule has 0 bridgehead atoms. The van der Waals surface area contributed by atoms with Crippen LogP contribution in [0.15, 0.2) is 24.3 Å². The molecule has 4 unspecified atom stereocenters. The summed E-state index contributed by atoms with van der Waals surface area (Å²) < 4.78 is 0. The summed E-state index contributed by atoms with van der Waals surface area (Å²) in [6.45, 7) is -1.90. The molecule has 0 aromatic heterocycles. The first-order chi connectivity index (χ1) is 15.5. The zero-order chi connectivity index (χ0) is 25.1. The van der Waals surface area contributed by atoms with Gasteiger partial charge in [-0.05, 0) is 24.1 Å². The van der Waals surface area contributed by atoms with Gasteiger partial charge in [0, 0.05) is 0 Å². The number of hydrogen-bond donors (Lipinski definition) is 9. The molecule has 1 aromatic rings. The summed E-state index contributed by atoms with van der Waals surface area (Å²) in [7, 11) is 0. The van der Waals surface area contributed by atoms with Gasteiger partial charge in [0.25, 0.3) is 0 Å². The number of carbonyl (C=O) groups excluding carboxylic acids is 3. The largest absolute Gasteiger partial charge is 0.508 e. The molecule has 3 amide bonds. The van der Waals surface area contributed by atoms with Gasteiger partial charge in [0.05, 0.1) is 25.7 Å². The third-order valence-corrected chi connectivity index (χ3v) is 4.35. The molecule has 0 aliphatic carbocycles. The highest BCUT2D eigenvalue weighted by Crippen LogP contribution is 2.11. The standard InChI is InChI=1S/C19H26N4O10/c20-11(5-9-1-3-10(26)4-2-9)16(29)22-13(7-24)18(31)21-12(6-15(27)28)17(30)23-14(8-25)19(32)33/h1-4,11-14,24-26H,5-8,20H2,(H,21,31)(H,22,29)(H,23,30)(H,27,28)(H,32,33). The number of hydrogen-bond acceptors (Lipinski definition) is 9. The van der Waals surface area contributed by atoms with Crippen LogP contribution in [0.4, 0.5) is 0 Å². The molecule has 0 aliphatic rings. The predicted octanol–water partition coefficient (Wildman–Crippen LogP) is -3.74. The van der Waals surface area contributed by atoms with Crippen molar-refractivity contribution in [3.05, 3.63) is 29.8 Å². The first-order valence-corrected chi connectivity index (χ1v) is 9.59. The Morgan fingerprint density at radius 3 is 1.76 bits per heavy atom. The summed E-state index contributed by atoms with van der Waals surface area (Å²) in [6.07, 6.45) is -0.907. The molecule has 10 N–H and O–H groups in total. The Labute approximate surface area is 187 Å². The molecule has 0 fully saturated rings. The fraction of sp³-hybridized carbons (Fsp3) is 0.421. The highest BCUT2D eigenvalue weighted by atomic mass is 16.4. The van der Waals surface area contributed by atoms with Crippen molar-refractivity contribution in [1.29, 1.82) is 0 Å². The quantitative estimate of drug-likeness (QED) is 0.135. The Kier molecular flexibility index (Phi) is 10.7. The molecule has 14 nitrogen and oxygen atoms in total. The van der Waals surface area contributed by atoms with Crippen molar-refractivity contribution in [2.75, 3.05) is 13.2 Å². The molecular formula is C19H26N4O10. The van der Waals surface area contributed by atoms with Gasteiger partial charge in [-0.15, -0.1) is 0 Å². The fourth-order valence-electron chi connectivity index (χ4n) is 2.57. The molecule has 33 heavy (non-hydrogen) atoms. The van der Waals surface area contributed by atoms with Crippen LogP contribution in [0.3, 0.4) is 0 Å². The normalized spacial score (nSPS) is 14.3. The van der Waals surface area contributed by atoms with Crippen LogP contribution >= 0.6 is 0 Å². The van der Waals surface area contributed by atoms with Crippen LogP contribution in [0.25, 0.3) is 0 Å². The topological polar surface area (TPSA) is 249 Å². The molecular weight excluding hydrogens is 444 g/mol. The molecule has 0 radical (unpaired) electrons. The monoisotopic (exact) mass is 470 g/mol. The number of nitrogens with one attached hydrogen (secondary N) is 3. The summed E-state index contributed by atoms with van der Waals surface area (Å²) in [5, 5.41) is 51.6. The van der Waals surface area contributed by atoms with Gasteiger partial charge < -0.3 is 47.2 Å². The van der Waals surface area contributed by atoms with E-state index in [4.69, 9.17) is 21.1 Å². The molecule has 182 valence electrons. The summed E-state index contributed by atoms with van der Waals surface area (Å²) in [4.78, 5) is 58.9. The number of benzene rings is 1. The van der Waals surface area contributed by atoms with E-state index < -0.39 is 73.5 Å². The maximum Gasteiger partial charge on any atom is 0.328 e. The first-order valence-electron chi connectivity index (χ1n) is 9.59. The maximum atomic E-state index is 12.4. The lowest BCUT2D eigenvalue weighted by Gasteiger charge is -2.23. The van der Waals surface area contributed by atoms with Gasteiger partial charge in [0.2, 0.25) is 17.7 Å². The minimum absolute atomic E-state index is 0.0161. The van der Waals surface area contributed by atoms with E-state index in [1.165, 1.54) is 24.3 Å². The van der Waals surface area contributed by atoms with E-state index >= 15 is 0 Å². The minimum Gasteiger partial charge on any atom is -0.508 e. The van der Waals surface area contributed by atoms with Gasteiger partial charge >= 0.3 is 11.9 Å². The Balaban J connectivity index is 2.81. The molecule has 14 heteroatoms. The van der Waals surface area contributed by atoms with Crippen LogP contribution in [0, 0.1) is 0 Å². The first kappa shape index (κ1) is 27.3. The molecule has 1 aromatic carbocycles. The number of aliphatic hydroxyl groups excluding tert-OH is 2. The Bertz CT molecular complexity index is 861. The molecule has 0 aliphatic heterocycles. The van der Waals surface area contributed by atoms with Crippen LogP contribution in [0.2, 0.25) is 0 Å². The Morgan fingerprint density at radius 1 is 0.788 bits per heavy atom. The molecule has 4 atom stereocenters. The number of aliphatic carboxylic acids is 2. The lowest BCUT2D eigenvalue weighted by molar-refractivity contribution is -0.144. The van der Waals surface area contributed by atoms with Crippen molar-refractivity contribution >= 4 is 29.7 Å². The van der Waals surface area contributed by atoms with Crippen molar-refractivity contribution in [3.63, 3.8) is 0 Å². The van der Waals surface area contributed by atoms with Crippen LogP contribution in [-0.2, 0) is 30.4 Å². The van der Waals surface area contributed by atoms with E-state index in [-0.39, 0.29) is 12.2 Å². The minimum atomic E-state index is -1.76. The van der Waals surface area contributed by atoms with Gasteiger partial charge in [-0.2, -0.15) is 0 Å². The smallest absolute Gasteiger partial charge is 0.328 e. The van der Waals surface area contributed by atoms with E-state index in [2.05, 4.69) is 5.32 Å². The zero-order valence-electron chi connectivity index (χ0n) is 17.3. The molecule has 1 rings (SSSR count). The fourth-order valence-corrected chi connectivity index (χ4v) is 2.57. The van der Waals surface area contributed by atoms with Gasteiger partial charge in [0.15, 0.2) is 0 Å². The number of amides is 3. The van der Waals surface area contributed by atoms with Crippen LogP contribution in [0.5, 0.6) is 5.75 Å². The van der Waals surface area contributed by atoms with E-state index in [1.54, 1.807) is 0 Å². The van der Waals surface area contributed by atoms with Gasteiger partial charge in [-0.3, -0.25) is 19.2 Å². The van der Waals surface area contributed by atoms with E-state index in [0.29, 0.717) is 5.56 Å². The highest BCUT2D eigenvalue weighted by Gasteiger charge is 2.31. The second kappa shape index (κ2) is 12.9. The summed E-state index contributed by atoms with van der Waals surface area (Å²) >= 11 is 0. The van der Waals surface area contributed by atoms with Gasteiger partial charge in [0.1, 0.15) is 23.9 Å².